The van der Waals surface area contributed by atoms with Crippen molar-refractivity contribution in [3.05, 3.63) is 42.2 Å². The van der Waals surface area contributed by atoms with Crippen LogP contribution in [0.1, 0.15) is 51.1 Å². The molecule has 1 atom stereocenters. The second-order valence-corrected chi connectivity index (χ2v) is 8.42. The van der Waals surface area contributed by atoms with Crippen LogP contribution in [0.5, 0.6) is 0 Å². The summed E-state index contributed by atoms with van der Waals surface area (Å²) in [7, 11) is 0. The third-order valence-electron chi connectivity index (χ3n) is 6.28. The van der Waals surface area contributed by atoms with Crippen molar-refractivity contribution in [2.75, 3.05) is 19.6 Å². The lowest BCUT2D eigenvalue weighted by atomic mass is 9.88. The number of fused-ring (bicyclic) bond motifs is 1. The minimum absolute atomic E-state index is 0.246. The van der Waals surface area contributed by atoms with Crippen LogP contribution in [0.2, 0.25) is 0 Å². The Morgan fingerprint density at radius 1 is 1.17 bits per heavy atom. The summed E-state index contributed by atoms with van der Waals surface area (Å²) in [6.45, 7) is 5.00. The average molecular weight is 408 g/mol. The molecular formula is C24H33N5O. The Morgan fingerprint density at radius 3 is 2.83 bits per heavy atom. The Balaban J connectivity index is 1.38. The van der Waals surface area contributed by atoms with E-state index >= 15 is 0 Å². The van der Waals surface area contributed by atoms with Gasteiger partial charge >= 0.3 is 0 Å². The Hall–Kier alpha value is -2.63. The lowest BCUT2D eigenvalue weighted by Crippen LogP contribution is -2.45. The van der Waals surface area contributed by atoms with Gasteiger partial charge in [0.1, 0.15) is 0 Å². The van der Waals surface area contributed by atoms with Crippen molar-refractivity contribution in [2.45, 2.75) is 58.0 Å². The number of rotatable bonds is 5. The van der Waals surface area contributed by atoms with Gasteiger partial charge in [0.2, 0.25) is 5.91 Å². The van der Waals surface area contributed by atoms with Gasteiger partial charge < -0.3 is 15.5 Å². The van der Waals surface area contributed by atoms with Crippen LogP contribution in [0.15, 0.2) is 41.5 Å². The van der Waals surface area contributed by atoms with Crippen LogP contribution in [0.25, 0.3) is 10.8 Å². The van der Waals surface area contributed by atoms with Gasteiger partial charge in [0, 0.05) is 43.2 Å². The number of pyridine rings is 1. The highest BCUT2D eigenvalue weighted by molar-refractivity contribution is 5.85. The average Bonchev–Trinajstić information content (AvgIpc) is 3.26. The molecule has 2 aliphatic rings. The maximum atomic E-state index is 12.8. The lowest BCUT2D eigenvalue weighted by molar-refractivity contribution is -0.135. The Morgan fingerprint density at radius 2 is 2.00 bits per heavy atom. The molecule has 6 nitrogen and oxygen atoms in total. The number of carbonyl (C=O) groups is 1. The van der Waals surface area contributed by atoms with E-state index in [-0.39, 0.29) is 12.0 Å². The monoisotopic (exact) mass is 407 g/mol. The first-order valence-corrected chi connectivity index (χ1v) is 11.4. The molecule has 2 heterocycles. The molecule has 0 radical (unpaired) electrons. The van der Waals surface area contributed by atoms with Gasteiger partial charge in [-0.2, -0.15) is 0 Å². The predicted molar refractivity (Wildman–Crippen MR) is 121 cm³/mol. The van der Waals surface area contributed by atoms with Crippen LogP contribution in [0.3, 0.4) is 0 Å². The molecule has 0 bridgehead atoms. The summed E-state index contributed by atoms with van der Waals surface area (Å²) in [4.78, 5) is 24.2. The fourth-order valence-corrected chi connectivity index (χ4v) is 4.66. The van der Waals surface area contributed by atoms with Gasteiger partial charge in [-0.3, -0.25) is 9.78 Å². The smallest absolute Gasteiger partial charge is 0.225 e. The van der Waals surface area contributed by atoms with Gasteiger partial charge in [-0.05, 0) is 37.6 Å². The molecular weight excluding hydrogens is 374 g/mol. The fraction of sp³-hybridized carbons (Fsp3) is 0.542. The molecule has 1 amide bonds. The summed E-state index contributed by atoms with van der Waals surface area (Å²) < 4.78 is 0. The standard InChI is InChI=1S/C24H33N5O/c1-2-25-24(27-16-22-21-11-7-6-8-18(21)12-14-26-22)28-20-13-15-29(17-20)23(30)19-9-4-3-5-10-19/h6-8,11-12,14,19-20H,2-5,9-10,13,15-17H2,1H3,(H2,25,27,28). The van der Waals surface area contributed by atoms with Crippen LogP contribution in [0, 0.1) is 5.92 Å². The van der Waals surface area contributed by atoms with E-state index in [1.165, 1.54) is 24.6 Å². The maximum absolute atomic E-state index is 12.8. The Labute approximate surface area is 179 Å². The molecule has 1 aliphatic heterocycles. The molecule has 0 spiro atoms. The number of amides is 1. The second kappa shape index (κ2) is 9.92. The number of guanidine groups is 1. The van der Waals surface area contributed by atoms with Gasteiger partial charge in [-0.25, -0.2) is 4.99 Å². The largest absolute Gasteiger partial charge is 0.357 e. The van der Waals surface area contributed by atoms with Crippen molar-refractivity contribution in [3.8, 4) is 0 Å². The van der Waals surface area contributed by atoms with Gasteiger partial charge in [0.05, 0.1) is 12.2 Å². The van der Waals surface area contributed by atoms with Crippen LogP contribution in [0.4, 0.5) is 0 Å². The van der Waals surface area contributed by atoms with Gasteiger partial charge in [0.15, 0.2) is 5.96 Å². The summed E-state index contributed by atoms with van der Waals surface area (Å²) in [6.07, 6.45) is 8.62. The molecule has 1 aliphatic carbocycles. The molecule has 6 heteroatoms. The minimum atomic E-state index is 0.246. The van der Waals surface area contributed by atoms with Crippen molar-refractivity contribution in [2.24, 2.45) is 10.9 Å². The van der Waals surface area contributed by atoms with Gasteiger partial charge in [-0.15, -0.1) is 0 Å². The van der Waals surface area contributed by atoms with E-state index in [0.29, 0.717) is 12.5 Å². The quantitative estimate of drug-likeness (QED) is 0.588. The molecule has 1 aromatic carbocycles. The first kappa shape index (κ1) is 20.6. The zero-order valence-electron chi connectivity index (χ0n) is 17.9. The van der Waals surface area contributed by atoms with E-state index in [1.807, 2.05) is 24.4 Å². The molecule has 1 saturated heterocycles. The molecule has 1 saturated carbocycles. The van der Waals surface area contributed by atoms with Crippen LogP contribution >= 0.6 is 0 Å². The van der Waals surface area contributed by atoms with Gasteiger partial charge in [0.25, 0.3) is 0 Å². The van der Waals surface area contributed by atoms with Crippen LogP contribution in [-0.2, 0) is 11.3 Å². The number of hydrogen-bond acceptors (Lipinski definition) is 3. The predicted octanol–water partition coefficient (Wildman–Crippen LogP) is 3.47. The summed E-state index contributed by atoms with van der Waals surface area (Å²) in [6, 6.07) is 10.6. The number of benzene rings is 1. The number of carbonyl (C=O) groups excluding carboxylic acids is 1. The number of aliphatic imine (C=N–C) groups is 1. The van der Waals surface area contributed by atoms with Crippen molar-refractivity contribution in [3.63, 3.8) is 0 Å². The molecule has 160 valence electrons. The third-order valence-corrected chi connectivity index (χ3v) is 6.28. The Kier molecular flexibility index (Phi) is 6.82. The van der Waals surface area contributed by atoms with Crippen molar-refractivity contribution < 1.29 is 4.79 Å². The third kappa shape index (κ3) is 4.91. The topological polar surface area (TPSA) is 69.6 Å². The van der Waals surface area contributed by atoms with E-state index in [4.69, 9.17) is 4.99 Å². The van der Waals surface area contributed by atoms with Gasteiger partial charge in [-0.1, -0.05) is 43.5 Å². The maximum Gasteiger partial charge on any atom is 0.225 e. The van der Waals surface area contributed by atoms with E-state index in [0.717, 1.165) is 55.9 Å². The number of aromatic nitrogens is 1. The summed E-state index contributed by atoms with van der Waals surface area (Å²) in [5.74, 6) is 1.40. The Bertz CT molecular complexity index is 885. The van der Waals surface area contributed by atoms with Crippen LogP contribution in [-0.4, -0.2) is 47.4 Å². The zero-order valence-corrected chi connectivity index (χ0v) is 17.9. The van der Waals surface area contributed by atoms with Crippen molar-refractivity contribution in [1.82, 2.24) is 20.5 Å². The lowest BCUT2D eigenvalue weighted by Gasteiger charge is -2.26. The second-order valence-electron chi connectivity index (χ2n) is 8.42. The molecule has 2 aromatic rings. The molecule has 4 rings (SSSR count). The van der Waals surface area contributed by atoms with Crippen molar-refractivity contribution >= 4 is 22.6 Å². The number of likely N-dealkylation sites (tertiary alicyclic amines) is 1. The zero-order chi connectivity index (χ0) is 20.8. The number of nitrogens with zero attached hydrogens (tertiary/aromatic N) is 3. The van der Waals surface area contributed by atoms with Crippen LogP contribution < -0.4 is 10.6 Å². The van der Waals surface area contributed by atoms with E-state index in [2.05, 4.69) is 39.6 Å². The summed E-state index contributed by atoms with van der Waals surface area (Å²) >= 11 is 0. The van der Waals surface area contributed by atoms with E-state index < -0.39 is 0 Å². The number of nitrogens with one attached hydrogen (secondary N) is 2. The fourth-order valence-electron chi connectivity index (χ4n) is 4.66. The molecule has 2 N–H and O–H groups in total. The molecule has 2 fully saturated rings. The van der Waals surface area contributed by atoms with E-state index in [1.54, 1.807) is 0 Å². The SMILES string of the molecule is CCNC(=NCc1nccc2ccccc12)NC1CCN(C(=O)C2CCCCC2)C1. The first-order valence-electron chi connectivity index (χ1n) is 11.4. The summed E-state index contributed by atoms with van der Waals surface area (Å²) in [5.41, 5.74) is 0.978. The number of hydrogen-bond donors (Lipinski definition) is 2. The highest BCUT2D eigenvalue weighted by atomic mass is 16.2. The minimum Gasteiger partial charge on any atom is -0.357 e. The van der Waals surface area contributed by atoms with E-state index in [9.17, 15) is 4.79 Å². The highest BCUT2D eigenvalue weighted by Gasteiger charge is 2.31. The molecule has 1 unspecified atom stereocenters. The highest BCUT2D eigenvalue weighted by Crippen LogP contribution is 2.26. The van der Waals surface area contributed by atoms with Crippen molar-refractivity contribution in [1.29, 1.82) is 0 Å². The molecule has 30 heavy (non-hydrogen) atoms. The normalized spacial score (nSPS) is 20.5. The summed E-state index contributed by atoms with van der Waals surface area (Å²) in [5, 5.41) is 9.21. The molecule has 1 aromatic heterocycles. The first-order chi connectivity index (χ1) is 14.7.